The Morgan fingerprint density at radius 2 is 2.25 bits per heavy atom. The number of guanidine groups is 1. The van der Waals surface area contributed by atoms with E-state index in [2.05, 4.69) is 37.1 Å². The summed E-state index contributed by atoms with van der Waals surface area (Å²) < 4.78 is 1.51. The second-order valence-corrected chi connectivity index (χ2v) is 6.06. The lowest BCUT2D eigenvalue weighted by Crippen LogP contribution is -2.50. The van der Waals surface area contributed by atoms with Gasteiger partial charge in [0.25, 0.3) is 5.91 Å². The van der Waals surface area contributed by atoms with Crippen LogP contribution in [-0.4, -0.2) is 30.5 Å². The van der Waals surface area contributed by atoms with Gasteiger partial charge in [-0.05, 0) is 32.0 Å². The van der Waals surface area contributed by atoms with E-state index in [0.29, 0.717) is 0 Å². The van der Waals surface area contributed by atoms with E-state index >= 15 is 0 Å². The summed E-state index contributed by atoms with van der Waals surface area (Å²) in [6.45, 7) is 5.37. The highest BCUT2D eigenvalue weighted by atomic mass is 79.9. The Morgan fingerprint density at radius 3 is 2.95 bits per heavy atom. The normalized spacial score (nSPS) is 19.9. The maximum atomic E-state index is 12.1. The van der Waals surface area contributed by atoms with E-state index in [1.807, 2.05) is 32.0 Å². The summed E-state index contributed by atoms with van der Waals surface area (Å²) in [6.07, 6.45) is 0. The molecule has 0 saturated carbocycles. The first-order valence-corrected chi connectivity index (χ1v) is 7.16. The molecule has 2 heterocycles. The van der Waals surface area contributed by atoms with E-state index < -0.39 is 5.54 Å². The summed E-state index contributed by atoms with van der Waals surface area (Å²) in [4.78, 5) is 16.4. The third kappa shape index (κ3) is 2.22. The number of aliphatic imine (C=N–C) groups is 1. The topological polar surface area (TPSA) is 68.8 Å². The van der Waals surface area contributed by atoms with E-state index in [-0.39, 0.29) is 5.91 Å². The van der Waals surface area contributed by atoms with Crippen molar-refractivity contribution in [1.29, 1.82) is 0 Å². The van der Waals surface area contributed by atoms with Crippen LogP contribution in [0.15, 0.2) is 23.2 Å². The van der Waals surface area contributed by atoms with Crippen molar-refractivity contribution in [3.63, 3.8) is 0 Å². The number of hydrogen-bond acceptors (Lipinski definition) is 5. The van der Waals surface area contributed by atoms with Gasteiger partial charge in [-0.2, -0.15) is 0 Å². The van der Waals surface area contributed by atoms with Gasteiger partial charge in [0.15, 0.2) is 5.96 Å². The average molecular weight is 338 g/mol. The van der Waals surface area contributed by atoms with Gasteiger partial charge in [-0.3, -0.25) is 9.79 Å². The van der Waals surface area contributed by atoms with Crippen LogP contribution in [0.5, 0.6) is 0 Å². The summed E-state index contributed by atoms with van der Waals surface area (Å²) in [5.41, 5.74) is 1.99. The zero-order valence-electron chi connectivity index (χ0n) is 11.3. The highest BCUT2D eigenvalue weighted by molar-refractivity contribution is 9.10. The van der Waals surface area contributed by atoms with Crippen molar-refractivity contribution >= 4 is 45.1 Å². The van der Waals surface area contributed by atoms with Crippen LogP contribution in [0.2, 0.25) is 0 Å². The predicted octanol–water partition coefficient (Wildman–Crippen LogP) is 1.90. The summed E-state index contributed by atoms with van der Waals surface area (Å²) >= 11 is 3.33. The Hall–Kier alpha value is -1.76. The molecule has 0 fully saturated rings. The zero-order valence-corrected chi connectivity index (χ0v) is 12.9. The van der Waals surface area contributed by atoms with Crippen LogP contribution >= 0.6 is 16.1 Å². The van der Waals surface area contributed by atoms with Gasteiger partial charge in [-0.1, -0.05) is 0 Å². The summed E-state index contributed by atoms with van der Waals surface area (Å²) in [6, 6.07) is 5.78. The van der Waals surface area contributed by atoms with Gasteiger partial charge in [0.2, 0.25) is 0 Å². The molecule has 0 unspecified atom stereocenters. The number of anilines is 3. The number of amides is 1. The maximum Gasteiger partial charge on any atom is 0.262 e. The highest BCUT2D eigenvalue weighted by Gasteiger charge is 2.37. The third-order valence-corrected chi connectivity index (χ3v) is 4.01. The molecule has 3 rings (SSSR count). The van der Waals surface area contributed by atoms with Gasteiger partial charge in [-0.15, -0.1) is 0 Å². The largest absolute Gasteiger partial charge is 0.370 e. The number of nitrogens with one attached hydrogen (secondary N) is 3. The fourth-order valence-electron chi connectivity index (χ4n) is 2.25. The minimum atomic E-state index is -0.641. The van der Waals surface area contributed by atoms with Crippen molar-refractivity contribution < 1.29 is 4.79 Å². The summed E-state index contributed by atoms with van der Waals surface area (Å²) in [5.74, 6) is 0.763. The van der Waals surface area contributed by atoms with Crippen LogP contribution in [-0.2, 0) is 4.79 Å². The monoisotopic (exact) mass is 337 g/mol. The number of carbonyl (C=O) groups is 1. The molecule has 1 amide bonds. The van der Waals surface area contributed by atoms with Gasteiger partial charge in [-0.25, -0.2) is 3.93 Å². The minimum Gasteiger partial charge on any atom is -0.370 e. The van der Waals surface area contributed by atoms with Gasteiger partial charge < -0.3 is 16.0 Å². The van der Waals surface area contributed by atoms with Crippen molar-refractivity contribution in [2.45, 2.75) is 19.4 Å². The first-order chi connectivity index (χ1) is 9.47. The molecule has 106 valence electrons. The van der Waals surface area contributed by atoms with E-state index in [4.69, 9.17) is 0 Å². The average Bonchev–Trinajstić information content (AvgIpc) is 2.88. The molecule has 20 heavy (non-hydrogen) atoms. The number of benzene rings is 1. The van der Waals surface area contributed by atoms with Crippen molar-refractivity contribution in [3.8, 4) is 0 Å². The van der Waals surface area contributed by atoms with Gasteiger partial charge in [0, 0.05) is 12.2 Å². The zero-order chi connectivity index (χ0) is 14.3. The SMILES string of the molecule is CC1(C)Nc2cc(NC3=NCCN3)ccc2N(Br)C1=O. The van der Waals surface area contributed by atoms with Crippen molar-refractivity contribution in [2.24, 2.45) is 4.99 Å². The van der Waals surface area contributed by atoms with Gasteiger partial charge in [0.1, 0.15) is 5.54 Å². The van der Waals surface area contributed by atoms with Crippen LogP contribution in [0.1, 0.15) is 13.8 Å². The lowest BCUT2D eigenvalue weighted by Gasteiger charge is -2.36. The van der Waals surface area contributed by atoms with Crippen LogP contribution in [0, 0.1) is 0 Å². The van der Waals surface area contributed by atoms with Crippen LogP contribution in [0.3, 0.4) is 0 Å². The van der Waals surface area contributed by atoms with E-state index in [1.165, 1.54) is 3.93 Å². The van der Waals surface area contributed by atoms with Crippen LogP contribution < -0.4 is 19.9 Å². The fraction of sp³-hybridized carbons (Fsp3) is 0.385. The Kier molecular flexibility index (Phi) is 3.08. The standard InChI is InChI=1S/C13H16BrN5O/c1-13(2)11(20)19(14)10-4-3-8(7-9(10)18-13)17-12-15-5-6-16-12/h3-4,7,18H,5-6H2,1-2H3,(H2,15,16,17). The number of nitrogens with zero attached hydrogens (tertiary/aromatic N) is 2. The third-order valence-electron chi connectivity index (χ3n) is 3.31. The molecule has 0 radical (unpaired) electrons. The first kappa shape index (κ1) is 13.2. The maximum absolute atomic E-state index is 12.1. The van der Waals surface area contributed by atoms with Crippen LogP contribution in [0.4, 0.5) is 17.1 Å². The molecular weight excluding hydrogens is 322 g/mol. The molecule has 3 N–H and O–H groups in total. The lowest BCUT2D eigenvalue weighted by molar-refractivity contribution is -0.120. The van der Waals surface area contributed by atoms with Crippen LogP contribution in [0.25, 0.3) is 0 Å². The lowest BCUT2D eigenvalue weighted by atomic mass is 10.00. The van der Waals surface area contributed by atoms with Crippen molar-refractivity contribution in [1.82, 2.24) is 5.32 Å². The number of halogens is 1. The molecule has 0 aliphatic carbocycles. The van der Waals surface area contributed by atoms with E-state index in [0.717, 1.165) is 36.1 Å². The number of hydrogen-bond donors (Lipinski definition) is 3. The molecule has 2 aliphatic rings. The summed E-state index contributed by atoms with van der Waals surface area (Å²) in [7, 11) is 0. The van der Waals surface area contributed by atoms with Gasteiger partial charge in [0.05, 0.1) is 34.1 Å². The molecule has 1 aromatic carbocycles. The van der Waals surface area contributed by atoms with E-state index in [9.17, 15) is 4.79 Å². The molecule has 0 bridgehead atoms. The van der Waals surface area contributed by atoms with Crippen molar-refractivity contribution in [3.05, 3.63) is 18.2 Å². The number of carbonyl (C=O) groups excluding carboxylic acids is 1. The van der Waals surface area contributed by atoms with Crippen molar-refractivity contribution in [2.75, 3.05) is 27.6 Å². The molecule has 1 aromatic rings. The minimum absolute atomic E-state index is 0.0208. The summed E-state index contributed by atoms with van der Waals surface area (Å²) in [5, 5.41) is 9.65. The molecule has 2 aliphatic heterocycles. The highest BCUT2D eigenvalue weighted by Crippen LogP contribution is 2.38. The number of rotatable bonds is 1. The predicted molar refractivity (Wildman–Crippen MR) is 84.5 cm³/mol. The second-order valence-electron chi connectivity index (χ2n) is 5.35. The second kappa shape index (κ2) is 4.66. The Bertz CT molecular complexity index is 598. The molecule has 6 nitrogen and oxygen atoms in total. The molecule has 0 saturated heterocycles. The molecule has 0 aromatic heterocycles. The van der Waals surface area contributed by atoms with Gasteiger partial charge >= 0.3 is 0 Å². The molecule has 0 spiro atoms. The molecule has 0 atom stereocenters. The van der Waals surface area contributed by atoms with E-state index in [1.54, 1.807) is 0 Å². The Morgan fingerprint density at radius 1 is 1.45 bits per heavy atom. The first-order valence-electron chi connectivity index (χ1n) is 6.45. The smallest absolute Gasteiger partial charge is 0.262 e. The Balaban J connectivity index is 1.91. The quantitative estimate of drug-likeness (QED) is 0.684. The fourth-order valence-corrected chi connectivity index (χ4v) is 3.00. The Labute approximate surface area is 126 Å². The molecule has 7 heteroatoms. The number of fused-ring (bicyclic) bond motifs is 1. The molecular formula is C13H16BrN5O.